The van der Waals surface area contributed by atoms with E-state index in [-0.39, 0.29) is 22.4 Å². The second-order valence-corrected chi connectivity index (χ2v) is 10.2. The van der Waals surface area contributed by atoms with E-state index in [0.717, 1.165) is 22.7 Å². The van der Waals surface area contributed by atoms with E-state index in [1.807, 2.05) is 42.2 Å². The van der Waals surface area contributed by atoms with Crippen molar-refractivity contribution in [2.45, 2.75) is 57.1 Å². The number of fused-ring (bicyclic) bond motifs is 1. The summed E-state index contributed by atoms with van der Waals surface area (Å²) in [4.78, 5) is 27.8. The molecule has 1 heterocycles. The number of carbonyl (C=O) groups is 2. The van der Waals surface area contributed by atoms with E-state index in [1.54, 1.807) is 19.9 Å². The maximum Gasteiger partial charge on any atom is 0.269 e. The SMILES string of the molecule is CC(C1CC1)N(Cc1ccccc1)C(=O)c1ccc2c(c1)S(=O)(=O)N(C(C)C)C2=O. The largest absolute Gasteiger partial charge is 0.331 e. The molecule has 7 heteroatoms. The first kappa shape index (κ1) is 20.6. The molecule has 1 unspecified atom stereocenters. The molecule has 1 atom stereocenters. The minimum Gasteiger partial charge on any atom is -0.331 e. The van der Waals surface area contributed by atoms with E-state index >= 15 is 0 Å². The molecule has 0 bridgehead atoms. The van der Waals surface area contributed by atoms with Crippen molar-refractivity contribution in [1.29, 1.82) is 0 Å². The van der Waals surface area contributed by atoms with Gasteiger partial charge in [-0.25, -0.2) is 12.7 Å². The van der Waals surface area contributed by atoms with E-state index in [9.17, 15) is 18.0 Å². The average Bonchev–Trinajstić information content (AvgIpc) is 3.53. The Morgan fingerprint density at radius 3 is 2.37 bits per heavy atom. The standard InChI is InChI=1S/C23H26N2O4S/c1-15(2)25-23(27)20-12-11-19(13-21(20)30(25,28)29)22(26)24(16(3)18-9-10-18)14-17-7-5-4-6-8-17/h4-8,11-13,15-16,18H,9-10,14H2,1-3H3. The topological polar surface area (TPSA) is 74.8 Å². The average molecular weight is 427 g/mol. The quantitative estimate of drug-likeness (QED) is 0.706. The zero-order valence-electron chi connectivity index (χ0n) is 17.4. The van der Waals surface area contributed by atoms with Gasteiger partial charge in [0, 0.05) is 24.2 Å². The molecule has 1 aliphatic carbocycles. The van der Waals surface area contributed by atoms with Crippen molar-refractivity contribution < 1.29 is 18.0 Å². The number of amides is 2. The van der Waals surface area contributed by atoms with Gasteiger partial charge in [-0.3, -0.25) is 9.59 Å². The first-order valence-electron chi connectivity index (χ1n) is 10.3. The first-order chi connectivity index (χ1) is 14.2. The van der Waals surface area contributed by atoms with Crippen LogP contribution < -0.4 is 0 Å². The summed E-state index contributed by atoms with van der Waals surface area (Å²) in [6.07, 6.45) is 2.19. The van der Waals surface area contributed by atoms with Gasteiger partial charge in [0.1, 0.15) is 4.90 Å². The van der Waals surface area contributed by atoms with Crippen LogP contribution in [0.2, 0.25) is 0 Å². The number of rotatable bonds is 6. The third kappa shape index (κ3) is 3.51. The van der Waals surface area contributed by atoms with Crippen LogP contribution >= 0.6 is 0 Å². The van der Waals surface area contributed by atoms with Crippen LogP contribution in [0.5, 0.6) is 0 Å². The summed E-state index contributed by atoms with van der Waals surface area (Å²) in [5.41, 5.74) is 1.44. The van der Waals surface area contributed by atoms with E-state index in [1.165, 1.54) is 12.1 Å². The van der Waals surface area contributed by atoms with Crippen LogP contribution in [0.15, 0.2) is 53.4 Å². The Bertz CT molecular complexity index is 1090. The molecule has 0 saturated heterocycles. The predicted molar refractivity (Wildman–Crippen MR) is 113 cm³/mol. The van der Waals surface area contributed by atoms with Crippen molar-refractivity contribution in [3.05, 3.63) is 65.2 Å². The molecule has 0 spiro atoms. The first-order valence-corrected chi connectivity index (χ1v) is 11.7. The van der Waals surface area contributed by atoms with Gasteiger partial charge in [0.25, 0.3) is 21.8 Å². The van der Waals surface area contributed by atoms with Gasteiger partial charge < -0.3 is 4.90 Å². The number of benzene rings is 2. The highest BCUT2D eigenvalue weighted by atomic mass is 32.2. The Morgan fingerprint density at radius 1 is 1.10 bits per heavy atom. The lowest BCUT2D eigenvalue weighted by Gasteiger charge is -2.30. The molecule has 1 fully saturated rings. The van der Waals surface area contributed by atoms with E-state index in [4.69, 9.17) is 0 Å². The highest BCUT2D eigenvalue weighted by molar-refractivity contribution is 7.90. The molecule has 2 aliphatic rings. The smallest absolute Gasteiger partial charge is 0.269 e. The number of nitrogens with zero attached hydrogens (tertiary/aromatic N) is 2. The fraction of sp³-hybridized carbons (Fsp3) is 0.391. The van der Waals surface area contributed by atoms with Gasteiger partial charge in [-0.1, -0.05) is 30.3 Å². The molecule has 6 nitrogen and oxygen atoms in total. The molecular weight excluding hydrogens is 400 g/mol. The maximum absolute atomic E-state index is 13.5. The molecule has 4 rings (SSSR count). The molecule has 30 heavy (non-hydrogen) atoms. The summed E-state index contributed by atoms with van der Waals surface area (Å²) in [6, 6.07) is 13.7. The molecule has 0 aromatic heterocycles. The molecule has 2 amide bonds. The summed E-state index contributed by atoms with van der Waals surface area (Å²) >= 11 is 0. The summed E-state index contributed by atoms with van der Waals surface area (Å²) in [5, 5.41) is 0. The maximum atomic E-state index is 13.5. The minimum atomic E-state index is -3.95. The molecule has 1 aliphatic heterocycles. The summed E-state index contributed by atoms with van der Waals surface area (Å²) in [7, 11) is -3.95. The highest BCUT2D eigenvalue weighted by Gasteiger charge is 2.43. The van der Waals surface area contributed by atoms with Gasteiger partial charge in [-0.2, -0.15) is 0 Å². The van der Waals surface area contributed by atoms with Crippen molar-refractivity contribution in [2.24, 2.45) is 5.92 Å². The minimum absolute atomic E-state index is 0.0522. The van der Waals surface area contributed by atoms with Crippen molar-refractivity contribution in [1.82, 2.24) is 9.21 Å². The zero-order chi connectivity index (χ0) is 21.6. The second-order valence-electron chi connectivity index (χ2n) is 8.41. The Kier molecular flexibility index (Phi) is 5.18. The van der Waals surface area contributed by atoms with Crippen LogP contribution in [0.1, 0.15) is 59.9 Å². The lowest BCUT2D eigenvalue weighted by molar-refractivity contribution is 0.0653. The molecule has 0 radical (unpaired) electrons. The van der Waals surface area contributed by atoms with Gasteiger partial charge in [0.15, 0.2) is 0 Å². The van der Waals surface area contributed by atoms with Crippen LogP contribution in [0, 0.1) is 5.92 Å². The third-order valence-corrected chi connectivity index (χ3v) is 7.92. The van der Waals surface area contributed by atoms with Crippen molar-refractivity contribution >= 4 is 21.8 Å². The van der Waals surface area contributed by atoms with Crippen LogP contribution in [0.25, 0.3) is 0 Å². The summed E-state index contributed by atoms with van der Waals surface area (Å²) in [6.45, 7) is 5.82. The van der Waals surface area contributed by atoms with Gasteiger partial charge in [0.05, 0.1) is 5.56 Å². The molecular formula is C23H26N2O4S. The van der Waals surface area contributed by atoms with Crippen molar-refractivity contribution in [2.75, 3.05) is 0 Å². The van der Waals surface area contributed by atoms with Crippen molar-refractivity contribution in [3.63, 3.8) is 0 Å². The number of sulfonamides is 1. The number of hydrogen-bond donors (Lipinski definition) is 0. The van der Waals surface area contributed by atoms with Crippen molar-refractivity contribution in [3.8, 4) is 0 Å². The summed E-state index contributed by atoms with van der Waals surface area (Å²) < 4.78 is 26.7. The van der Waals surface area contributed by atoms with E-state index < -0.39 is 22.0 Å². The number of carbonyl (C=O) groups excluding carboxylic acids is 2. The molecule has 158 valence electrons. The molecule has 2 aromatic rings. The Morgan fingerprint density at radius 2 is 1.77 bits per heavy atom. The van der Waals surface area contributed by atoms with Crippen LogP contribution in [0.3, 0.4) is 0 Å². The highest BCUT2D eigenvalue weighted by Crippen LogP contribution is 2.37. The number of hydrogen-bond acceptors (Lipinski definition) is 4. The third-order valence-electron chi connectivity index (χ3n) is 5.92. The fourth-order valence-corrected chi connectivity index (χ4v) is 5.86. The van der Waals surface area contributed by atoms with Crippen LogP contribution in [-0.4, -0.2) is 41.5 Å². The Labute approximate surface area is 177 Å². The molecule has 1 saturated carbocycles. The van der Waals surface area contributed by atoms with Crippen LogP contribution in [-0.2, 0) is 16.6 Å². The zero-order valence-corrected chi connectivity index (χ0v) is 18.2. The lowest BCUT2D eigenvalue weighted by atomic mass is 10.1. The second kappa shape index (κ2) is 7.54. The summed E-state index contributed by atoms with van der Waals surface area (Å²) in [5.74, 6) is -0.285. The predicted octanol–water partition coefficient (Wildman–Crippen LogP) is 3.68. The molecule has 2 aromatic carbocycles. The Hall–Kier alpha value is -2.67. The monoisotopic (exact) mass is 426 g/mol. The Balaban J connectivity index is 1.70. The fourth-order valence-electron chi connectivity index (χ4n) is 4.07. The van der Waals surface area contributed by atoms with E-state index in [0.29, 0.717) is 18.0 Å². The van der Waals surface area contributed by atoms with Gasteiger partial charge >= 0.3 is 0 Å². The normalized spacial score (nSPS) is 18.4. The van der Waals surface area contributed by atoms with E-state index in [2.05, 4.69) is 0 Å². The van der Waals surface area contributed by atoms with Gasteiger partial charge in [-0.05, 0) is 63.3 Å². The van der Waals surface area contributed by atoms with Gasteiger partial charge in [0.2, 0.25) is 0 Å². The molecule has 0 N–H and O–H groups in total. The lowest BCUT2D eigenvalue weighted by Crippen LogP contribution is -2.39. The van der Waals surface area contributed by atoms with Gasteiger partial charge in [-0.15, -0.1) is 0 Å². The van der Waals surface area contributed by atoms with Crippen LogP contribution in [0.4, 0.5) is 0 Å².